The van der Waals surface area contributed by atoms with Crippen molar-refractivity contribution in [2.45, 2.75) is 0 Å². The maximum Gasteiger partial charge on any atom is 0.131 e. The Bertz CT molecular complexity index is 238. The lowest BCUT2D eigenvalue weighted by molar-refractivity contribution is 1.23. The zero-order chi connectivity index (χ0) is 7.72. The monoisotopic (exact) mass is 328 g/mol. The van der Waals surface area contributed by atoms with Crippen molar-refractivity contribution in [3.8, 4) is 0 Å². The van der Waals surface area contributed by atoms with Crippen molar-refractivity contribution in [1.29, 1.82) is 0 Å². The topological polar surface area (TPSA) is 38.9 Å². The van der Waals surface area contributed by atoms with Crippen molar-refractivity contribution in [1.82, 2.24) is 4.98 Å². The largest absolute Gasteiger partial charge is 0.396 e. The van der Waals surface area contributed by atoms with Crippen LogP contribution in [0.1, 0.15) is 0 Å². The fraction of sp³-hybridized carbons (Fsp3) is 0. The summed E-state index contributed by atoms with van der Waals surface area (Å²) >= 11 is 9.69. The number of hydrogen-bond acceptors (Lipinski definition) is 2. The Balaban J connectivity index is 3.31. The Morgan fingerprint density at radius 3 is 2.40 bits per heavy atom. The van der Waals surface area contributed by atoms with Gasteiger partial charge in [-0.1, -0.05) is 0 Å². The lowest BCUT2D eigenvalue weighted by atomic mass is 10.4. The molecular weight excluding hydrogens is 328 g/mol. The summed E-state index contributed by atoms with van der Waals surface area (Å²) in [5.41, 5.74) is 6.19. The molecule has 0 saturated carbocycles. The van der Waals surface area contributed by atoms with E-state index in [1.807, 2.05) is 0 Å². The van der Waals surface area contributed by atoms with E-state index in [0.717, 1.165) is 9.08 Å². The van der Waals surface area contributed by atoms with Crippen LogP contribution in [0.25, 0.3) is 0 Å². The van der Waals surface area contributed by atoms with Crippen LogP contribution in [-0.4, -0.2) is 4.98 Å². The minimum Gasteiger partial charge on any atom is -0.396 e. The number of nitrogen functional groups attached to an aromatic ring is 1. The molecule has 0 amide bonds. The smallest absolute Gasteiger partial charge is 0.131 e. The highest BCUT2D eigenvalue weighted by Crippen LogP contribution is 2.28. The minimum absolute atomic E-state index is 0.614. The molecule has 0 bridgehead atoms. The van der Waals surface area contributed by atoms with E-state index in [-0.39, 0.29) is 0 Å². The second kappa shape index (κ2) is 3.19. The molecule has 0 aliphatic heterocycles. The van der Waals surface area contributed by atoms with Gasteiger partial charge in [0.05, 0.1) is 5.69 Å². The number of halogens is 3. The number of nitrogens with zero attached hydrogens (tertiary/aromatic N) is 1. The molecule has 10 heavy (non-hydrogen) atoms. The average Bonchev–Trinajstić information content (AvgIpc) is 1.82. The molecule has 1 aromatic heterocycles. The Kier molecular flexibility index (Phi) is 2.71. The van der Waals surface area contributed by atoms with Gasteiger partial charge in [0.25, 0.3) is 0 Å². The van der Waals surface area contributed by atoms with E-state index in [0.29, 0.717) is 10.3 Å². The van der Waals surface area contributed by atoms with Crippen LogP contribution in [0.5, 0.6) is 0 Å². The zero-order valence-corrected chi connectivity index (χ0v) is 9.49. The lowest BCUT2D eigenvalue weighted by Crippen LogP contribution is -1.90. The average molecular weight is 331 g/mol. The summed E-state index contributed by atoms with van der Waals surface area (Å²) in [5.74, 6) is 0. The summed E-state index contributed by atoms with van der Waals surface area (Å²) < 4.78 is 2.23. The van der Waals surface area contributed by atoms with E-state index in [1.165, 1.54) is 0 Å². The standard InChI is InChI=1S/C5H3Br3N2/c6-2-1-3(7)10-5(8)4(2)9/h1H,9H2. The number of nitrogens with two attached hydrogens (primary N) is 1. The first kappa shape index (κ1) is 8.49. The van der Waals surface area contributed by atoms with Crippen molar-refractivity contribution in [2.24, 2.45) is 0 Å². The fourth-order valence-corrected chi connectivity index (χ4v) is 2.49. The molecular formula is C5H3Br3N2. The predicted octanol–water partition coefficient (Wildman–Crippen LogP) is 2.95. The van der Waals surface area contributed by atoms with E-state index in [4.69, 9.17) is 5.73 Å². The van der Waals surface area contributed by atoms with Crippen LogP contribution >= 0.6 is 47.8 Å². The summed E-state index contributed by atoms with van der Waals surface area (Å²) in [6.07, 6.45) is 0. The van der Waals surface area contributed by atoms with Gasteiger partial charge in [0.2, 0.25) is 0 Å². The fourth-order valence-electron chi connectivity index (χ4n) is 0.467. The molecule has 0 saturated heterocycles. The number of anilines is 1. The van der Waals surface area contributed by atoms with Crippen LogP contribution in [0, 0.1) is 0 Å². The third-order valence-corrected chi connectivity index (χ3v) is 2.60. The molecule has 2 N–H and O–H groups in total. The first-order valence-corrected chi connectivity index (χ1v) is 4.76. The first-order chi connectivity index (χ1) is 4.61. The molecule has 1 rings (SSSR count). The molecule has 2 nitrogen and oxygen atoms in total. The second-order valence-corrected chi connectivity index (χ2v) is 4.05. The van der Waals surface area contributed by atoms with E-state index in [2.05, 4.69) is 52.8 Å². The van der Waals surface area contributed by atoms with Crippen LogP contribution in [-0.2, 0) is 0 Å². The normalized spacial score (nSPS) is 9.90. The van der Waals surface area contributed by atoms with E-state index in [9.17, 15) is 0 Å². The van der Waals surface area contributed by atoms with Crippen molar-refractivity contribution in [3.63, 3.8) is 0 Å². The maximum atomic E-state index is 5.57. The summed E-state index contributed by atoms with van der Waals surface area (Å²) in [4.78, 5) is 4.01. The van der Waals surface area contributed by atoms with Crippen LogP contribution in [0.3, 0.4) is 0 Å². The maximum absolute atomic E-state index is 5.57. The van der Waals surface area contributed by atoms with Gasteiger partial charge in [0.1, 0.15) is 9.21 Å². The third-order valence-electron chi connectivity index (χ3n) is 0.930. The summed E-state index contributed by atoms with van der Waals surface area (Å²) in [5, 5.41) is 0. The van der Waals surface area contributed by atoms with Gasteiger partial charge >= 0.3 is 0 Å². The number of rotatable bonds is 0. The van der Waals surface area contributed by atoms with Gasteiger partial charge in [0, 0.05) is 4.47 Å². The first-order valence-electron chi connectivity index (χ1n) is 2.38. The van der Waals surface area contributed by atoms with Gasteiger partial charge in [-0.15, -0.1) is 0 Å². The molecule has 0 aliphatic carbocycles. The van der Waals surface area contributed by atoms with Crippen molar-refractivity contribution < 1.29 is 0 Å². The van der Waals surface area contributed by atoms with Crippen molar-refractivity contribution in [2.75, 3.05) is 5.73 Å². The molecule has 1 heterocycles. The number of aromatic nitrogens is 1. The highest BCUT2D eigenvalue weighted by Gasteiger charge is 2.02. The van der Waals surface area contributed by atoms with Crippen LogP contribution in [0.15, 0.2) is 19.7 Å². The molecule has 0 aromatic carbocycles. The van der Waals surface area contributed by atoms with Crippen LogP contribution in [0.2, 0.25) is 0 Å². The summed E-state index contributed by atoms with van der Waals surface area (Å²) in [6, 6.07) is 1.79. The van der Waals surface area contributed by atoms with E-state index in [1.54, 1.807) is 6.07 Å². The molecule has 0 aliphatic rings. The van der Waals surface area contributed by atoms with Gasteiger partial charge in [-0.2, -0.15) is 0 Å². The SMILES string of the molecule is Nc1c(Br)cc(Br)nc1Br. The summed E-state index contributed by atoms with van der Waals surface area (Å²) in [7, 11) is 0. The molecule has 0 radical (unpaired) electrons. The lowest BCUT2D eigenvalue weighted by Gasteiger charge is -1.99. The second-order valence-electron chi connectivity index (χ2n) is 1.63. The Morgan fingerprint density at radius 2 is 1.90 bits per heavy atom. The van der Waals surface area contributed by atoms with Crippen LogP contribution in [0.4, 0.5) is 5.69 Å². The Morgan fingerprint density at radius 1 is 1.30 bits per heavy atom. The predicted molar refractivity (Wildman–Crippen MR) is 51.7 cm³/mol. The molecule has 54 valence electrons. The molecule has 0 unspecified atom stereocenters. The molecule has 0 spiro atoms. The van der Waals surface area contributed by atoms with Gasteiger partial charge in [-0.25, -0.2) is 4.98 Å². The van der Waals surface area contributed by atoms with Gasteiger partial charge < -0.3 is 5.73 Å². The Hall–Kier alpha value is 0.390. The third kappa shape index (κ3) is 1.71. The quantitative estimate of drug-likeness (QED) is 0.743. The van der Waals surface area contributed by atoms with Gasteiger partial charge in [-0.05, 0) is 53.9 Å². The van der Waals surface area contributed by atoms with Crippen molar-refractivity contribution in [3.05, 3.63) is 19.7 Å². The minimum atomic E-state index is 0.614. The molecule has 1 aromatic rings. The molecule has 5 heteroatoms. The van der Waals surface area contributed by atoms with E-state index >= 15 is 0 Å². The highest BCUT2D eigenvalue weighted by atomic mass is 79.9. The molecule has 0 atom stereocenters. The highest BCUT2D eigenvalue weighted by molar-refractivity contribution is 9.11. The van der Waals surface area contributed by atoms with E-state index < -0.39 is 0 Å². The number of pyridine rings is 1. The zero-order valence-electron chi connectivity index (χ0n) is 4.74. The van der Waals surface area contributed by atoms with Crippen LogP contribution < -0.4 is 5.73 Å². The van der Waals surface area contributed by atoms with Gasteiger partial charge in [0.15, 0.2) is 0 Å². The number of hydrogen-bond donors (Lipinski definition) is 1. The van der Waals surface area contributed by atoms with Crippen molar-refractivity contribution >= 4 is 53.5 Å². The van der Waals surface area contributed by atoms with Gasteiger partial charge in [-0.3, -0.25) is 0 Å². The Labute approximate surface area is 83.6 Å². The molecule has 0 fully saturated rings. The summed E-state index contributed by atoms with van der Waals surface area (Å²) in [6.45, 7) is 0.